The summed E-state index contributed by atoms with van der Waals surface area (Å²) in [6.45, 7) is 6.25. The number of aryl methyl sites for hydroxylation is 2. The summed E-state index contributed by atoms with van der Waals surface area (Å²) in [5.74, 6) is -1.42. The Hall–Kier alpha value is -3.62. The summed E-state index contributed by atoms with van der Waals surface area (Å²) in [6.07, 6.45) is -2.50. The van der Waals surface area contributed by atoms with Gasteiger partial charge < -0.3 is 10.2 Å². The zero-order chi connectivity index (χ0) is 27.6. The van der Waals surface area contributed by atoms with Gasteiger partial charge in [-0.2, -0.15) is 18.3 Å². The van der Waals surface area contributed by atoms with Crippen LogP contribution < -0.4 is 5.32 Å². The zero-order valence-electron chi connectivity index (χ0n) is 22.1. The highest BCUT2D eigenvalue weighted by Gasteiger charge is 2.36. The fourth-order valence-electron chi connectivity index (χ4n) is 5.00. The average molecular weight is 527 g/mol. The van der Waals surface area contributed by atoms with Crippen LogP contribution in [0.25, 0.3) is 0 Å². The molecule has 1 saturated heterocycles. The molecule has 1 aliphatic rings. The number of carbonyl (C=O) groups excluding carboxylic acids is 2. The van der Waals surface area contributed by atoms with E-state index in [0.29, 0.717) is 35.8 Å². The highest BCUT2D eigenvalue weighted by Crippen LogP contribution is 2.34. The van der Waals surface area contributed by atoms with Gasteiger partial charge in [0.25, 0.3) is 5.91 Å². The van der Waals surface area contributed by atoms with E-state index in [0.717, 1.165) is 31.2 Å². The number of nitrogens with one attached hydrogen (secondary N) is 1. The number of benzene rings is 2. The molecule has 9 heteroatoms. The Labute approximate surface area is 220 Å². The van der Waals surface area contributed by atoms with Gasteiger partial charge in [-0.05, 0) is 68.4 Å². The van der Waals surface area contributed by atoms with Crippen LogP contribution in [0.15, 0.2) is 48.5 Å². The second-order valence-corrected chi connectivity index (χ2v) is 10.1. The van der Waals surface area contributed by atoms with Gasteiger partial charge >= 0.3 is 6.18 Å². The molecule has 3 aromatic rings. The van der Waals surface area contributed by atoms with E-state index in [1.807, 2.05) is 50.1 Å². The van der Waals surface area contributed by atoms with E-state index in [9.17, 15) is 22.8 Å². The number of carbonyl (C=O) groups is 2. The molecule has 1 atom stereocenters. The second-order valence-electron chi connectivity index (χ2n) is 10.1. The Morgan fingerprint density at radius 2 is 1.63 bits per heavy atom. The Balaban J connectivity index is 1.29. The fraction of sp³-hybridized carbons (Fsp3) is 0.414. The molecule has 4 rings (SSSR count). The summed E-state index contributed by atoms with van der Waals surface area (Å²) in [5.41, 5.74) is 4.97. The topological polar surface area (TPSA) is 67.2 Å². The van der Waals surface area contributed by atoms with Crippen LogP contribution in [0.2, 0.25) is 0 Å². The predicted molar refractivity (Wildman–Crippen MR) is 140 cm³/mol. The third-order valence-electron chi connectivity index (χ3n) is 7.51. The van der Waals surface area contributed by atoms with Crippen LogP contribution >= 0.6 is 0 Å². The van der Waals surface area contributed by atoms with Gasteiger partial charge in [-0.3, -0.25) is 14.3 Å². The monoisotopic (exact) mass is 526 g/mol. The molecule has 1 fully saturated rings. The molecule has 0 aliphatic carbocycles. The first-order chi connectivity index (χ1) is 17.9. The Bertz CT molecular complexity index is 1290. The van der Waals surface area contributed by atoms with Gasteiger partial charge in [0.1, 0.15) is 0 Å². The average Bonchev–Trinajstić information content (AvgIpc) is 3.14. The van der Waals surface area contributed by atoms with Crippen molar-refractivity contribution < 1.29 is 22.8 Å². The first-order valence-electron chi connectivity index (χ1n) is 12.8. The number of nitrogens with zero attached hydrogens (tertiary/aromatic N) is 3. The molecule has 0 spiro atoms. The van der Waals surface area contributed by atoms with Gasteiger partial charge in [0.15, 0.2) is 0 Å². The first-order valence-corrected chi connectivity index (χ1v) is 12.8. The normalized spacial score (nSPS) is 15.4. The zero-order valence-corrected chi connectivity index (χ0v) is 22.1. The lowest BCUT2D eigenvalue weighted by atomic mass is 9.89. The molecule has 38 heavy (non-hydrogen) atoms. The lowest BCUT2D eigenvalue weighted by molar-refractivity contribution is -0.146. The first kappa shape index (κ1) is 27.4. The molecule has 1 aliphatic heterocycles. The minimum Gasteiger partial charge on any atom is -0.338 e. The van der Waals surface area contributed by atoms with Gasteiger partial charge in [0, 0.05) is 31.5 Å². The SMILES string of the molecule is Cc1nn(C)c(C)c1C(=O)N1CCC(c2ccc(NC(=O)Cc3ccc(C(C)C(F)(F)F)cc3)cc2)CC1. The van der Waals surface area contributed by atoms with Crippen LogP contribution in [0.3, 0.4) is 0 Å². The van der Waals surface area contributed by atoms with E-state index in [-0.39, 0.29) is 23.8 Å². The quantitative estimate of drug-likeness (QED) is 0.435. The fourth-order valence-corrected chi connectivity index (χ4v) is 5.00. The van der Waals surface area contributed by atoms with Crippen LogP contribution in [-0.2, 0) is 18.3 Å². The molecule has 0 radical (unpaired) electrons. The molecule has 202 valence electrons. The Kier molecular flexibility index (Phi) is 7.94. The van der Waals surface area contributed by atoms with Crippen molar-refractivity contribution in [1.82, 2.24) is 14.7 Å². The van der Waals surface area contributed by atoms with Crippen molar-refractivity contribution in [3.63, 3.8) is 0 Å². The van der Waals surface area contributed by atoms with Gasteiger partial charge in [0.2, 0.25) is 5.91 Å². The summed E-state index contributed by atoms with van der Waals surface area (Å²) in [5, 5.41) is 7.22. The highest BCUT2D eigenvalue weighted by molar-refractivity contribution is 5.96. The van der Waals surface area contributed by atoms with Gasteiger partial charge in [-0.15, -0.1) is 0 Å². The molecule has 1 aromatic heterocycles. The van der Waals surface area contributed by atoms with Crippen molar-refractivity contribution in [2.75, 3.05) is 18.4 Å². The maximum atomic E-state index is 13.0. The molecule has 2 aromatic carbocycles. The number of halogens is 3. The third-order valence-corrected chi connectivity index (χ3v) is 7.51. The minimum atomic E-state index is -4.29. The minimum absolute atomic E-state index is 0.0362. The summed E-state index contributed by atoms with van der Waals surface area (Å²) in [7, 11) is 1.84. The molecule has 1 unspecified atom stereocenters. The maximum absolute atomic E-state index is 13.0. The number of alkyl halides is 3. The van der Waals surface area contributed by atoms with Gasteiger partial charge in [-0.1, -0.05) is 36.4 Å². The van der Waals surface area contributed by atoms with Crippen LogP contribution in [0.5, 0.6) is 0 Å². The Morgan fingerprint density at radius 1 is 1.03 bits per heavy atom. The maximum Gasteiger partial charge on any atom is 0.395 e. The molecule has 0 saturated carbocycles. The van der Waals surface area contributed by atoms with Crippen molar-refractivity contribution in [3.8, 4) is 0 Å². The number of amides is 2. The molecule has 6 nitrogen and oxygen atoms in total. The summed E-state index contributed by atoms with van der Waals surface area (Å²) >= 11 is 0. The molecule has 2 amide bonds. The molecule has 0 bridgehead atoms. The van der Waals surface area contributed by atoms with E-state index < -0.39 is 12.1 Å². The number of likely N-dealkylation sites (tertiary alicyclic amines) is 1. The van der Waals surface area contributed by atoms with Crippen molar-refractivity contribution in [3.05, 3.63) is 82.2 Å². The number of piperidine rings is 1. The second kappa shape index (κ2) is 11.0. The van der Waals surface area contributed by atoms with Crippen LogP contribution in [0.4, 0.5) is 18.9 Å². The van der Waals surface area contributed by atoms with Crippen LogP contribution in [0, 0.1) is 13.8 Å². The number of hydrogen-bond donors (Lipinski definition) is 1. The van der Waals surface area contributed by atoms with E-state index in [1.54, 1.807) is 16.8 Å². The molecular weight excluding hydrogens is 493 g/mol. The summed E-state index contributed by atoms with van der Waals surface area (Å²) < 4.78 is 40.4. The number of rotatable bonds is 6. The van der Waals surface area contributed by atoms with Crippen LogP contribution in [0.1, 0.15) is 70.0 Å². The number of hydrogen-bond acceptors (Lipinski definition) is 3. The molecule has 2 heterocycles. The number of aromatic nitrogens is 2. The highest BCUT2D eigenvalue weighted by atomic mass is 19.4. The van der Waals surface area contributed by atoms with Crippen molar-refractivity contribution in [1.29, 1.82) is 0 Å². The van der Waals surface area contributed by atoms with E-state index >= 15 is 0 Å². The lowest BCUT2D eigenvalue weighted by Crippen LogP contribution is -2.38. The largest absolute Gasteiger partial charge is 0.395 e. The third kappa shape index (κ3) is 6.09. The van der Waals surface area contributed by atoms with Gasteiger partial charge in [-0.25, -0.2) is 0 Å². The van der Waals surface area contributed by atoms with Crippen molar-refractivity contribution in [2.24, 2.45) is 7.05 Å². The predicted octanol–water partition coefficient (Wildman–Crippen LogP) is 5.90. The van der Waals surface area contributed by atoms with E-state index in [2.05, 4.69) is 10.4 Å². The standard InChI is InChI=1S/C29H33F3N4O2/c1-18(29(30,31)32)22-7-5-21(6-8-22)17-26(37)33-25-11-9-23(10-12-25)24-13-15-36(16-14-24)28(38)27-19(2)34-35(4)20(27)3/h5-12,18,24H,13-17H2,1-4H3,(H,33,37). The van der Waals surface area contributed by atoms with Crippen molar-refractivity contribution >= 4 is 17.5 Å². The molecular formula is C29H33F3N4O2. The van der Waals surface area contributed by atoms with E-state index in [1.165, 1.54) is 17.7 Å². The van der Waals surface area contributed by atoms with Crippen LogP contribution in [-0.4, -0.2) is 45.8 Å². The van der Waals surface area contributed by atoms with Crippen molar-refractivity contribution in [2.45, 2.75) is 58.0 Å². The van der Waals surface area contributed by atoms with Gasteiger partial charge in [0.05, 0.1) is 23.6 Å². The summed E-state index contributed by atoms with van der Waals surface area (Å²) in [4.78, 5) is 27.4. The van der Waals surface area contributed by atoms with E-state index in [4.69, 9.17) is 0 Å². The smallest absolute Gasteiger partial charge is 0.338 e. The summed E-state index contributed by atoms with van der Waals surface area (Å²) in [6, 6.07) is 13.7. The number of anilines is 1. The Morgan fingerprint density at radius 3 is 2.16 bits per heavy atom. The lowest BCUT2D eigenvalue weighted by Gasteiger charge is -2.32. The molecule has 1 N–H and O–H groups in total.